The van der Waals surface area contributed by atoms with Gasteiger partial charge in [-0.15, -0.1) is 0 Å². The zero-order valence-corrected chi connectivity index (χ0v) is 22.1. The van der Waals surface area contributed by atoms with Crippen molar-refractivity contribution in [1.29, 1.82) is 0 Å². The van der Waals surface area contributed by atoms with Gasteiger partial charge in [-0.3, -0.25) is 9.59 Å². The molecule has 2 amide bonds. The van der Waals surface area contributed by atoms with Crippen LogP contribution >= 0.6 is 0 Å². The molecule has 1 aliphatic heterocycles. The van der Waals surface area contributed by atoms with E-state index in [4.69, 9.17) is 9.84 Å². The first kappa shape index (κ1) is 29.3. The number of aryl methyl sites for hydroxylation is 1. The van der Waals surface area contributed by atoms with Gasteiger partial charge in [0.25, 0.3) is 5.91 Å². The second-order valence-corrected chi connectivity index (χ2v) is 8.54. The molecule has 0 bridgehead atoms. The van der Waals surface area contributed by atoms with Crippen molar-refractivity contribution in [2.75, 3.05) is 13.1 Å². The van der Waals surface area contributed by atoms with Gasteiger partial charge in [0.05, 0.1) is 12.5 Å². The monoisotopic (exact) mass is 509 g/mol. The van der Waals surface area contributed by atoms with Gasteiger partial charge in [-0.2, -0.15) is 0 Å². The first-order valence-electron chi connectivity index (χ1n) is 12.4. The third-order valence-corrected chi connectivity index (χ3v) is 5.65. The van der Waals surface area contributed by atoms with Gasteiger partial charge >= 0.3 is 0 Å². The van der Waals surface area contributed by atoms with Crippen molar-refractivity contribution in [2.24, 2.45) is 0 Å². The second kappa shape index (κ2) is 14.6. The maximum Gasteiger partial charge on any atom is 0.257 e. The van der Waals surface area contributed by atoms with E-state index in [-0.39, 0.29) is 23.4 Å². The molecule has 1 saturated heterocycles. The summed E-state index contributed by atoms with van der Waals surface area (Å²) in [6.45, 7) is 10.5. The highest BCUT2D eigenvalue weighted by Gasteiger charge is 2.26. The number of carbonyl (C=O) groups excluding carboxylic acids is 2. The summed E-state index contributed by atoms with van der Waals surface area (Å²) >= 11 is 0. The fourth-order valence-electron chi connectivity index (χ4n) is 3.70. The fourth-order valence-corrected chi connectivity index (χ4v) is 3.70. The molecule has 7 nitrogen and oxygen atoms in total. The van der Waals surface area contributed by atoms with Gasteiger partial charge in [0, 0.05) is 24.7 Å². The molecular weight excluding hydrogens is 473 g/mol. The van der Waals surface area contributed by atoms with E-state index in [1.54, 1.807) is 36.1 Å². The number of rotatable bonds is 7. The number of ether oxygens (including phenoxy) is 1. The Morgan fingerprint density at radius 2 is 1.86 bits per heavy atom. The molecular formula is C29H36FN3O4. The van der Waals surface area contributed by atoms with E-state index in [9.17, 15) is 14.0 Å². The number of nitrogens with zero attached hydrogens (tertiary/aromatic N) is 2. The molecule has 1 aromatic carbocycles. The van der Waals surface area contributed by atoms with Gasteiger partial charge in [-0.25, -0.2) is 9.37 Å². The summed E-state index contributed by atoms with van der Waals surface area (Å²) in [5.74, 6) is -0.644. The zero-order valence-electron chi connectivity index (χ0n) is 22.1. The van der Waals surface area contributed by atoms with Crippen LogP contribution in [-0.2, 0) is 4.79 Å². The molecule has 0 radical (unpaired) electrons. The molecule has 0 aliphatic carbocycles. The predicted molar refractivity (Wildman–Crippen MR) is 143 cm³/mol. The number of amides is 2. The van der Waals surface area contributed by atoms with Crippen molar-refractivity contribution in [1.82, 2.24) is 15.2 Å². The maximum atomic E-state index is 13.9. The first-order valence-corrected chi connectivity index (χ1v) is 12.4. The molecule has 37 heavy (non-hydrogen) atoms. The third-order valence-electron chi connectivity index (χ3n) is 5.65. The molecule has 0 atom stereocenters. The number of aliphatic hydroxyl groups is 1. The Morgan fingerprint density at radius 1 is 1.16 bits per heavy atom. The Morgan fingerprint density at radius 3 is 2.51 bits per heavy atom. The smallest absolute Gasteiger partial charge is 0.257 e. The Labute approximate surface area is 218 Å². The average molecular weight is 510 g/mol. The van der Waals surface area contributed by atoms with Crippen LogP contribution in [0, 0.1) is 12.7 Å². The molecule has 1 aliphatic rings. The van der Waals surface area contributed by atoms with Gasteiger partial charge in [0.15, 0.2) is 0 Å². The highest BCUT2D eigenvalue weighted by molar-refractivity contribution is 5.96. The van der Waals surface area contributed by atoms with Gasteiger partial charge in [-0.1, -0.05) is 38.1 Å². The number of pyridine rings is 1. The highest BCUT2D eigenvalue weighted by Crippen LogP contribution is 2.25. The third kappa shape index (κ3) is 8.90. The number of benzene rings is 1. The Balaban J connectivity index is 0.00000235. The Hall–Kier alpha value is -3.94. The Bertz CT molecular complexity index is 1170. The molecule has 2 N–H and O–H groups in total. The van der Waals surface area contributed by atoms with Gasteiger partial charge in [-0.05, 0) is 69.0 Å². The number of hydrogen-bond acceptors (Lipinski definition) is 5. The molecule has 2 aromatic rings. The number of aliphatic hydroxyl groups excluding tert-OH is 1. The summed E-state index contributed by atoms with van der Waals surface area (Å²) in [6, 6.07) is 8.23. The van der Waals surface area contributed by atoms with Crippen LogP contribution in [0.4, 0.5) is 4.39 Å². The van der Waals surface area contributed by atoms with E-state index in [0.29, 0.717) is 37.3 Å². The highest BCUT2D eigenvalue weighted by atomic mass is 19.1. The van der Waals surface area contributed by atoms with E-state index in [1.165, 1.54) is 6.08 Å². The van der Waals surface area contributed by atoms with Crippen LogP contribution in [0.2, 0.25) is 0 Å². The number of nitrogens with one attached hydrogen (secondary N) is 1. The van der Waals surface area contributed by atoms with Crippen LogP contribution in [0.5, 0.6) is 11.6 Å². The van der Waals surface area contributed by atoms with Gasteiger partial charge in [0.1, 0.15) is 17.1 Å². The fraction of sp³-hybridized carbons (Fsp3) is 0.345. The summed E-state index contributed by atoms with van der Waals surface area (Å²) in [6.07, 6.45) is 8.13. The van der Waals surface area contributed by atoms with Gasteiger partial charge in [0.2, 0.25) is 11.8 Å². The van der Waals surface area contributed by atoms with Crippen molar-refractivity contribution in [3.8, 4) is 11.6 Å². The predicted octanol–water partition coefficient (Wildman–Crippen LogP) is 6.03. The standard InChI is InChI=1S/C27H30FN3O4.C2H6/c1-18(11-14-32)7-8-20(3)27(34)31-12-9-22(10-13-31)30-25(33)24-16-21(28)17-29-26(24)35-23-6-4-5-19(2)15-23;1-2/h4-8,11,14-17,22,32H,9-10,12-13H2,1-3H3,(H,30,33);1-2H3/b14-11+,18-7-,20-8+;. The summed E-state index contributed by atoms with van der Waals surface area (Å²) < 4.78 is 19.7. The van der Waals surface area contributed by atoms with Crippen LogP contribution < -0.4 is 10.1 Å². The average Bonchev–Trinajstić information content (AvgIpc) is 2.89. The molecule has 0 spiro atoms. The molecule has 0 unspecified atom stereocenters. The van der Waals surface area contributed by atoms with E-state index < -0.39 is 11.7 Å². The number of carbonyl (C=O) groups is 2. The molecule has 1 aromatic heterocycles. The molecule has 0 saturated carbocycles. The lowest BCUT2D eigenvalue weighted by molar-refractivity contribution is -0.128. The minimum atomic E-state index is -0.631. The number of aromatic nitrogens is 1. The molecule has 198 valence electrons. The molecule has 2 heterocycles. The van der Waals surface area contributed by atoms with Crippen LogP contribution in [0.3, 0.4) is 0 Å². The van der Waals surface area contributed by atoms with Crippen molar-refractivity contribution >= 4 is 11.8 Å². The topological polar surface area (TPSA) is 91.8 Å². The summed E-state index contributed by atoms with van der Waals surface area (Å²) in [5, 5.41) is 11.7. The molecule has 3 rings (SSSR count). The largest absolute Gasteiger partial charge is 0.516 e. The quantitative estimate of drug-likeness (QED) is 0.270. The van der Waals surface area contributed by atoms with Crippen LogP contribution in [0.25, 0.3) is 0 Å². The molecule has 8 heteroatoms. The number of allylic oxidation sites excluding steroid dienone is 4. The van der Waals surface area contributed by atoms with E-state index in [2.05, 4.69) is 10.3 Å². The second-order valence-electron chi connectivity index (χ2n) is 8.54. The first-order chi connectivity index (χ1) is 17.8. The SMILES string of the molecule is CC.CC(=C/C=C(\C)C(=O)N1CCC(NC(=O)c2cc(F)cnc2Oc2cccc(C)c2)CC1)/C=C/O. The maximum absolute atomic E-state index is 13.9. The van der Waals surface area contributed by atoms with Crippen molar-refractivity contribution in [2.45, 2.75) is 53.5 Å². The lowest BCUT2D eigenvalue weighted by Crippen LogP contribution is -2.46. The normalized spacial score (nSPS) is 14.7. The number of likely N-dealkylation sites (tertiary alicyclic amines) is 1. The van der Waals surface area contributed by atoms with Crippen molar-refractivity contribution < 1.29 is 23.8 Å². The summed E-state index contributed by atoms with van der Waals surface area (Å²) in [4.78, 5) is 31.4. The van der Waals surface area contributed by atoms with E-state index >= 15 is 0 Å². The lowest BCUT2D eigenvalue weighted by atomic mass is 10.0. The summed E-state index contributed by atoms with van der Waals surface area (Å²) in [5.41, 5.74) is 2.40. The number of hydrogen-bond donors (Lipinski definition) is 2. The Kier molecular flexibility index (Phi) is 11.5. The van der Waals surface area contributed by atoms with Crippen LogP contribution in [-0.4, -0.2) is 45.9 Å². The van der Waals surface area contributed by atoms with Crippen molar-refractivity contribution in [3.63, 3.8) is 0 Å². The number of piperidine rings is 1. The van der Waals surface area contributed by atoms with Crippen molar-refractivity contribution in [3.05, 3.63) is 89.1 Å². The van der Waals surface area contributed by atoms with E-state index in [1.807, 2.05) is 39.8 Å². The minimum absolute atomic E-state index is 0.0166. The van der Waals surface area contributed by atoms with Gasteiger partial charge < -0.3 is 20.1 Å². The number of halogens is 1. The van der Waals surface area contributed by atoms with E-state index in [0.717, 1.165) is 29.7 Å². The minimum Gasteiger partial charge on any atom is -0.516 e. The lowest BCUT2D eigenvalue weighted by Gasteiger charge is -2.32. The summed E-state index contributed by atoms with van der Waals surface area (Å²) in [7, 11) is 0. The van der Waals surface area contributed by atoms with Crippen LogP contribution in [0.15, 0.2) is 72.2 Å². The molecule has 1 fully saturated rings. The van der Waals surface area contributed by atoms with Crippen LogP contribution in [0.1, 0.15) is 56.5 Å². The zero-order chi connectivity index (χ0) is 27.4.